The summed E-state index contributed by atoms with van der Waals surface area (Å²) in [5.74, 6) is -2.25. The van der Waals surface area contributed by atoms with Crippen molar-refractivity contribution in [2.24, 2.45) is 0 Å². The molecule has 0 spiro atoms. The zero-order valence-electron chi connectivity index (χ0n) is 9.29. The molecule has 1 N–H and O–H groups in total. The van der Waals surface area contributed by atoms with Gasteiger partial charge in [-0.25, -0.2) is 0 Å². The van der Waals surface area contributed by atoms with Gasteiger partial charge in [0, 0.05) is 23.6 Å². The summed E-state index contributed by atoms with van der Waals surface area (Å²) in [6, 6.07) is 0. The van der Waals surface area contributed by atoms with Crippen molar-refractivity contribution < 1.29 is 24.2 Å². The van der Waals surface area contributed by atoms with Crippen molar-refractivity contribution in [3.05, 3.63) is 22.5 Å². The second-order valence-corrected chi connectivity index (χ2v) is 3.52. The van der Waals surface area contributed by atoms with Crippen molar-refractivity contribution in [3.8, 4) is 0 Å². The van der Waals surface area contributed by atoms with Gasteiger partial charge in [-0.2, -0.15) is 0 Å². The summed E-state index contributed by atoms with van der Waals surface area (Å²) in [6.07, 6.45) is 0. The molecule has 5 heteroatoms. The van der Waals surface area contributed by atoms with Crippen LogP contribution in [0, 0.1) is 0 Å². The van der Waals surface area contributed by atoms with Crippen LogP contribution in [0.5, 0.6) is 0 Å². The van der Waals surface area contributed by atoms with Gasteiger partial charge in [0.15, 0.2) is 0 Å². The van der Waals surface area contributed by atoms with Crippen LogP contribution in [0.1, 0.15) is 20.8 Å². The average Bonchev–Trinajstić information content (AvgIpc) is 2.23. The molecular weight excluding hydrogens is 212 g/mol. The van der Waals surface area contributed by atoms with Crippen molar-refractivity contribution in [1.82, 2.24) is 0 Å². The molecule has 0 atom stereocenters. The Morgan fingerprint density at radius 3 is 2.25 bits per heavy atom. The van der Waals surface area contributed by atoms with Crippen molar-refractivity contribution in [3.63, 3.8) is 0 Å². The first kappa shape index (κ1) is 12.2. The van der Waals surface area contributed by atoms with Gasteiger partial charge in [0.25, 0.3) is 0 Å². The molecule has 5 nitrogen and oxygen atoms in total. The normalized spacial score (nSPS) is 16.9. The Morgan fingerprint density at radius 2 is 1.75 bits per heavy atom. The summed E-state index contributed by atoms with van der Waals surface area (Å²) in [4.78, 5) is 33.6. The third-order valence-electron chi connectivity index (χ3n) is 2.40. The SMILES string of the molecule is CC(=O)OCC1=C(C)C(O)=C(C)C(=O)C1=O. The van der Waals surface area contributed by atoms with Crippen LogP contribution in [-0.2, 0) is 19.1 Å². The fourth-order valence-corrected chi connectivity index (χ4v) is 1.36. The molecule has 0 radical (unpaired) electrons. The number of ketones is 2. The number of rotatable bonds is 2. The molecule has 0 saturated carbocycles. The van der Waals surface area contributed by atoms with E-state index in [9.17, 15) is 19.5 Å². The van der Waals surface area contributed by atoms with E-state index in [2.05, 4.69) is 4.74 Å². The predicted molar refractivity (Wildman–Crippen MR) is 54.7 cm³/mol. The molecule has 0 amide bonds. The Kier molecular flexibility index (Phi) is 3.27. The number of aliphatic hydroxyl groups excluding tert-OH is 1. The molecule has 1 aliphatic rings. The number of Topliss-reactive ketones (excluding diaryl/α,β-unsaturated/α-hetero) is 2. The second kappa shape index (κ2) is 4.30. The topological polar surface area (TPSA) is 80.7 Å². The highest BCUT2D eigenvalue weighted by Crippen LogP contribution is 2.24. The molecule has 1 rings (SSSR count). The smallest absolute Gasteiger partial charge is 0.302 e. The van der Waals surface area contributed by atoms with Crippen LogP contribution in [0.4, 0.5) is 0 Å². The van der Waals surface area contributed by atoms with E-state index in [0.717, 1.165) is 0 Å². The maximum atomic E-state index is 11.6. The first-order valence-corrected chi connectivity index (χ1v) is 4.68. The first-order chi connectivity index (χ1) is 7.36. The number of ether oxygens (including phenoxy) is 1. The van der Waals surface area contributed by atoms with Crippen LogP contribution >= 0.6 is 0 Å². The molecule has 0 heterocycles. The van der Waals surface area contributed by atoms with Crippen molar-refractivity contribution in [1.29, 1.82) is 0 Å². The Morgan fingerprint density at radius 1 is 1.19 bits per heavy atom. The minimum atomic E-state index is -0.759. The molecule has 0 bridgehead atoms. The molecule has 0 unspecified atom stereocenters. The van der Waals surface area contributed by atoms with E-state index in [-0.39, 0.29) is 29.1 Å². The van der Waals surface area contributed by atoms with Crippen LogP contribution in [0.15, 0.2) is 22.5 Å². The van der Waals surface area contributed by atoms with E-state index in [4.69, 9.17) is 0 Å². The van der Waals surface area contributed by atoms with E-state index in [1.807, 2.05) is 0 Å². The molecule has 86 valence electrons. The van der Waals surface area contributed by atoms with Gasteiger partial charge in [0.1, 0.15) is 12.4 Å². The minimum absolute atomic E-state index is 0.0223. The minimum Gasteiger partial charge on any atom is -0.507 e. The quantitative estimate of drug-likeness (QED) is 0.427. The zero-order chi connectivity index (χ0) is 12.5. The van der Waals surface area contributed by atoms with Crippen LogP contribution < -0.4 is 0 Å². The third-order valence-corrected chi connectivity index (χ3v) is 2.40. The lowest BCUT2D eigenvalue weighted by atomic mass is 9.90. The van der Waals surface area contributed by atoms with E-state index in [0.29, 0.717) is 0 Å². The van der Waals surface area contributed by atoms with Crippen LogP contribution in [0.2, 0.25) is 0 Å². The van der Waals surface area contributed by atoms with E-state index in [1.165, 1.54) is 20.8 Å². The van der Waals surface area contributed by atoms with Gasteiger partial charge in [0.05, 0.1) is 0 Å². The van der Waals surface area contributed by atoms with Gasteiger partial charge in [-0.1, -0.05) is 0 Å². The van der Waals surface area contributed by atoms with Gasteiger partial charge >= 0.3 is 5.97 Å². The predicted octanol–water partition coefficient (Wildman–Crippen LogP) is 0.850. The largest absolute Gasteiger partial charge is 0.507 e. The number of aliphatic hydroxyl groups is 1. The average molecular weight is 224 g/mol. The van der Waals surface area contributed by atoms with Gasteiger partial charge in [0.2, 0.25) is 11.6 Å². The second-order valence-electron chi connectivity index (χ2n) is 3.52. The fraction of sp³-hybridized carbons (Fsp3) is 0.364. The highest BCUT2D eigenvalue weighted by atomic mass is 16.5. The number of allylic oxidation sites excluding steroid dienone is 2. The number of carbonyl (C=O) groups excluding carboxylic acids is 3. The van der Waals surface area contributed by atoms with E-state index in [1.54, 1.807) is 0 Å². The summed E-state index contributed by atoms with van der Waals surface area (Å²) in [5, 5.41) is 9.58. The maximum Gasteiger partial charge on any atom is 0.302 e. The lowest BCUT2D eigenvalue weighted by Crippen LogP contribution is -2.27. The maximum absolute atomic E-state index is 11.6. The Hall–Kier alpha value is -1.91. The molecule has 16 heavy (non-hydrogen) atoms. The van der Waals surface area contributed by atoms with Gasteiger partial charge in [-0.3, -0.25) is 14.4 Å². The molecule has 0 aromatic carbocycles. The van der Waals surface area contributed by atoms with Crippen LogP contribution in [0.3, 0.4) is 0 Å². The highest BCUT2D eigenvalue weighted by molar-refractivity contribution is 6.50. The standard InChI is InChI=1S/C11H12O5/c1-5-8(4-16-7(3)12)11(15)10(14)6(2)9(5)13/h13H,4H2,1-3H3. The summed E-state index contributed by atoms with van der Waals surface area (Å²) < 4.78 is 4.65. The fourth-order valence-electron chi connectivity index (χ4n) is 1.36. The number of hydrogen-bond acceptors (Lipinski definition) is 5. The van der Waals surface area contributed by atoms with E-state index < -0.39 is 17.5 Å². The van der Waals surface area contributed by atoms with Gasteiger partial charge in [-0.05, 0) is 13.8 Å². The zero-order valence-corrected chi connectivity index (χ0v) is 9.29. The lowest BCUT2D eigenvalue weighted by Gasteiger charge is -2.16. The molecule has 0 saturated heterocycles. The molecule has 1 aliphatic carbocycles. The summed E-state index contributed by atoms with van der Waals surface area (Å²) >= 11 is 0. The lowest BCUT2D eigenvalue weighted by molar-refractivity contribution is -0.141. The summed E-state index contributed by atoms with van der Waals surface area (Å²) in [7, 11) is 0. The Balaban J connectivity index is 3.09. The van der Waals surface area contributed by atoms with Crippen LogP contribution in [0.25, 0.3) is 0 Å². The van der Waals surface area contributed by atoms with Crippen molar-refractivity contribution in [2.75, 3.05) is 6.61 Å². The van der Waals surface area contributed by atoms with Crippen molar-refractivity contribution in [2.45, 2.75) is 20.8 Å². The monoisotopic (exact) mass is 224 g/mol. The van der Waals surface area contributed by atoms with Crippen LogP contribution in [-0.4, -0.2) is 29.2 Å². The highest BCUT2D eigenvalue weighted by Gasteiger charge is 2.31. The number of carbonyl (C=O) groups is 3. The first-order valence-electron chi connectivity index (χ1n) is 4.68. The van der Waals surface area contributed by atoms with Crippen molar-refractivity contribution >= 4 is 17.5 Å². The van der Waals surface area contributed by atoms with Gasteiger partial charge in [-0.15, -0.1) is 0 Å². The molecule has 0 fully saturated rings. The number of hydrogen-bond donors (Lipinski definition) is 1. The molecular formula is C11H12O5. The molecule has 0 aromatic rings. The Bertz CT molecular complexity index is 439. The summed E-state index contributed by atoms with van der Waals surface area (Å²) in [5.41, 5.74) is 0.334. The molecule has 0 aromatic heterocycles. The Labute approximate surface area is 92.4 Å². The molecule has 0 aliphatic heterocycles. The van der Waals surface area contributed by atoms with Gasteiger partial charge < -0.3 is 9.84 Å². The third kappa shape index (κ3) is 2.03. The van der Waals surface area contributed by atoms with E-state index >= 15 is 0 Å². The number of esters is 1. The summed E-state index contributed by atoms with van der Waals surface area (Å²) in [6.45, 7) is 3.79.